The topological polar surface area (TPSA) is 530 Å². The first-order chi connectivity index (χ1) is 47.7. The number of halogens is 2. The van der Waals surface area contributed by atoms with E-state index in [1.165, 1.54) is 33.0 Å². The maximum Gasteiger partial charge on any atom is 0.330 e. The van der Waals surface area contributed by atoms with Gasteiger partial charge in [0, 0.05) is 34.7 Å². The number of nitrogens with one attached hydrogen (secondary N) is 7. The highest BCUT2D eigenvalue weighted by molar-refractivity contribution is 6.32. The molecule has 7 heterocycles. The summed E-state index contributed by atoms with van der Waals surface area (Å²) in [5.41, 5.74) is 8.00. The summed E-state index contributed by atoms with van der Waals surface area (Å²) in [5.74, 6) is -16.0. The highest BCUT2D eigenvalue weighted by atomic mass is 35.5. The second-order valence-corrected chi connectivity index (χ2v) is 26.5. The van der Waals surface area contributed by atoms with Crippen molar-refractivity contribution in [1.82, 2.24) is 37.2 Å². The first-order valence-electron chi connectivity index (χ1n) is 31.6. The van der Waals surface area contributed by atoms with Crippen LogP contribution in [0.4, 0.5) is 0 Å². The van der Waals surface area contributed by atoms with Crippen molar-refractivity contribution in [2.75, 3.05) is 13.7 Å². The summed E-state index contributed by atoms with van der Waals surface area (Å²) >= 11 is 14.1. The van der Waals surface area contributed by atoms with Gasteiger partial charge in [-0.1, -0.05) is 55.2 Å². The fraction of sp³-hybridized carbons (Fsp3) is 0.424. The predicted molar refractivity (Wildman–Crippen MR) is 349 cm³/mol. The first-order valence-corrected chi connectivity index (χ1v) is 32.4. The van der Waals surface area contributed by atoms with Crippen LogP contribution in [0.5, 0.6) is 46.0 Å². The lowest BCUT2D eigenvalue weighted by molar-refractivity contribution is -0.333. The van der Waals surface area contributed by atoms with Gasteiger partial charge < -0.3 is 128 Å². The van der Waals surface area contributed by atoms with E-state index in [9.17, 15) is 75.0 Å². The molecule has 542 valence electrons. The van der Waals surface area contributed by atoms with E-state index < -0.39 is 237 Å². The molecule has 7 aliphatic rings. The standard InChI is InChI=1S/C66H75Cl2N9O24/c1-23(2)12-34(71-5)58(88)76-49-51(83)26-7-10-38(32(67)14-26)97-40-16-28-17-41(55(40)101-65-56(54(86)53(85)42(22-78)99-65)100-44-21-66(4,70)57(87)24(3)96-44)98-39-11-8-27(15-33(39)68)52(84)50-63(93)75-48(64(94)95)31-18-29(79)19-37(81)45(31)30-13-25(6-9-36(30)80)46(60(90)77-50)74-61(91)47(28)73-59(89)35(20-43(69)82)72-62(49)92/h6-11,13-19,23-24,34-35,42,44,46-54,56-57,65,71,78-81,83-87H,12,20-22,70H2,1-5H3,(H2,69,82)(H,72,92)(H,73,89)(H,74,91)(H,75,93)(H,76,88)(H,77,90)(H,94,95)/t24-,34+,35+,42+,44+,46+,47?,48-,49-,50-,51-,52+,53-,54-,56-,57+,65?,66?/m1/s1. The minimum Gasteiger partial charge on any atom is -0.508 e. The van der Waals surface area contributed by atoms with Crippen molar-refractivity contribution in [2.45, 2.75) is 156 Å². The van der Waals surface area contributed by atoms with Crippen LogP contribution >= 0.6 is 23.2 Å². The van der Waals surface area contributed by atoms with Crippen LogP contribution in [0.15, 0.2) is 78.9 Å². The third-order valence-corrected chi connectivity index (χ3v) is 18.4. The van der Waals surface area contributed by atoms with Crippen molar-refractivity contribution in [3.8, 4) is 57.1 Å². The molecule has 2 fully saturated rings. The van der Waals surface area contributed by atoms with Crippen molar-refractivity contribution >= 4 is 70.5 Å². The van der Waals surface area contributed by atoms with Crippen LogP contribution in [-0.2, 0) is 52.6 Å². The van der Waals surface area contributed by atoms with Gasteiger partial charge in [-0.25, -0.2) is 4.79 Å². The van der Waals surface area contributed by atoms with E-state index in [0.717, 1.165) is 66.7 Å². The number of phenols is 3. The maximum atomic E-state index is 16.0. The number of aliphatic hydroxyl groups is 6. The number of rotatable bonds is 13. The predicted octanol–water partition coefficient (Wildman–Crippen LogP) is 0.106. The molecule has 12 rings (SSSR count). The number of carbonyl (C=O) groups is 8. The van der Waals surface area contributed by atoms with Gasteiger partial charge in [0.15, 0.2) is 29.9 Å². The molecule has 5 aromatic rings. The lowest BCUT2D eigenvalue weighted by Crippen LogP contribution is -2.64. The molecule has 0 saturated carbocycles. The fourth-order valence-electron chi connectivity index (χ4n) is 12.5. The van der Waals surface area contributed by atoms with Crippen molar-refractivity contribution in [2.24, 2.45) is 17.4 Å². The van der Waals surface area contributed by atoms with Crippen LogP contribution < -0.4 is 62.9 Å². The zero-order valence-electron chi connectivity index (χ0n) is 54.3. The molecule has 35 heteroatoms. The van der Waals surface area contributed by atoms with Crippen LogP contribution in [0.1, 0.15) is 105 Å². The molecule has 2 saturated heterocycles. The zero-order chi connectivity index (χ0) is 73.5. The van der Waals surface area contributed by atoms with E-state index in [-0.39, 0.29) is 46.2 Å². The Morgan fingerprint density at radius 3 is 1.90 bits per heavy atom. The van der Waals surface area contributed by atoms with Gasteiger partial charge in [-0.05, 0) is 110 Å². The van der Waals surface area contributed by atoms with Gasteiger partial charge in [-0.3, -0.25) is 33.6 Å². The number of nitrogens with two attached hydrogens (primary N) is 2. The second kappa shape index (κ2) is 30.2. The molecule has 3 unspecified atom stereocenters. The smallest absolute Gasteiger partial charge is 0.330 e. The zero-order valence-corrected chi connectivity index (χ0v) is 55.8. The fourth-order valence-corrected chi connectivity index (χ4v) is 12.9. The molecular formula is C66H75Cl2N9O24. The Morgan fingerprint density at radius 2 is 1.32 bits per heavy atom. The molecule has 7 aliphatic heterocycles. The van der Waals surface area contributed by atoms with E-state index in [2.05, 4.69) is 37.2 Å². The number of phenolic OH excluding ortho intramolecular Hbond substituents is 3. The van der Waals surface area contributed by atoms with E-state index in [1.807, 2.05) is 13.8 Å². The number of amides is 7. The number of fused-ring (bicyclic) bond motifs is 15. The largest absolute Gasteiger partial charge is 0.508 e. The number of primary amides is 1. The van der Waals surface area contributed by atoms with Crippen LogP contribution in [0.2, 0.25) is 10.0 Å². The molecule has 101 heavy (non-hydrogen) atoms. The average molecular weight is 1450 g/mol. The number of ether oxygens (including phenoxy) is 6. The summed E-state index contributed by atoms with van der Waals surface area (Å²) < 4.78 is 38.3. The van der Waals surface area contributed by atoms with E-state index >= 15 is 14.4 Å². The SMILES string of the molecule is CN[C@@H](CC(C)C)C(=O)N[C@H]1C(=O)N[C@@H](CC(N)=O)C(=O)NC2C(=O)N[C@@H]3C(=O)N[C@@H](C(=O)N[C@@H](C(=O)O)c4cc(O)cc(O)c4-c4cc3ccc4O)[C@@H](O)c3ccc(c(Cl)c3)Oc3cc2cc(c3OC2O[C@@H](CO)[C@@H](O)[C@@H](O)[C@H]2O[C@H]2CC(C)(N)[C@@H](O)[C@@H](C)O2)Oc2ccc(cc2Cl)[C@H]1O. The summed E-state index contributed by atoms with van der Waals surface area (Å²) in [7, 11) is 1.47. The minimum absolute atomic E-state index is 0.0975. The molecule has 0 spiro atoms. The summed E-state index contributed by atoms with van der Waals surface area (Å²) in [5, 5.41) is 131. The monoisotopic (exact) mass is 1450 g/mol. The van der Waals surface area contributed by atoms with Gasteiger partial charge in [0.05, 0.1) is 41.3 Å². The summed E-state index contributed by atoms with van der Waals surface area (Å²) in [6, 6.07) is -0.679. The normalized spacial score (nSPS) is 29.4. The van der Waals surface area contributed by atoms with Gasteiger partial charge in [-0.2, -0.15) is 0 Å². The molecule has 18 atom stereocenters. The number of hydrogen-bond acceptors (Lipinski definition) is 25. The number of likely N-dealkylation sites (N-methyl/N-ethyl adjacent to an activating group) is 1. The highest BCUT2D eigenvalue weighted by Crippen LogP contribution is 2.50. The quantitative estimate of drug-likeness (QED) is 0.0743. The Bertz CT molecular complexity index is 4070. The van der Waals surface area contributed by atoms with Crippen molar-refractivity contribution in [3.63, 3.8) is 0 Å². The second-order valence-electron chi connectivity index (χ2n) is 25.7. The van der Waals surface area contributed by atoms with E-state index in [0.29, 0.717) is 0 Å². The molecule has 21 N–H and O–H groups in total. The highest BCUT2D eigenvalue weighted by Gasteiger charge is 2.51. The Labute approximate surface area is 584 Å². The van der Waals surface area contributed by atoms with E-state index in [4.69, 9.17) is 63.1 Å². The number of aromatic hydroxyl groups is 3. The first kappa shape index (κ1) is 74.5. The Morgan fingerprint density at radius 1 is 0.713 bits per heavy atom. The van der Waals surface area contributed by atoms with E-state index in [1.54, 1.807) is 0 Å². The average Bonchev–Trinajstić information content (AvgIpc) is 0.775. The van der Waals surface area contributed by atoms with Gasteiger partial charge in [0.2, 0.25) is 53.4 Å². The molecular weight excluding hydrogens is 1370 g/mol. The molecule has 5 aromatic carbocycles. The lowest BCUT2D eigenvalue weighted by atomic mass is 9.86. The lowest BCUT2D eigenvalue weighted by Gasteiger charge is -2.47. The number of carboxylic acids is 1. The van der Waals surface area contributed by atoms with Gasteiger partial charge in [0.25, 0.3) is 0 Å². The minimum atomic E-state index is -2.35. The Balaban J connectivity index is 1.24. The molecule has 0 radical (unpaired) electrons. The van der Waals surface area contributed by atoms with Crippen molar-refractivity contribution in [1.29, 1.82) is 0 Å². The van der Waals surface area contributed by atoms with Gasteiger partial charge in [-0.15, -0.1) is 0 Å². The number of carbonyl (C=O) groups excluding carboxylic acids is 7. The molecule has 11 bridgehead atoms. The van der Waals surface area contributed by atoms with Gasteiger partial charge >= 0.3 is 5.97 Å². The van der Waals surface area contributed by atoms with Crippen molar-refractivity contribution in [3.05, 3.63) is 117 Å². The maximum absolute atomic E-state index is 16.0. The number of carboxylic acid groups (broad SMARTS) is 1. The number of aliphatic carboxylic acids is 1. The number of hydrogen-bond donors (Lipinski definition) is 19. The number of benzene rings is 5. The molecule has 33 nitrogen and oxygen atoms in total. The third kappa shape index (κ3) is 15.8. The molecule has 0 aliphatic carbocycles. The van der Waals surface area contributed by atoms with Crippen LogP contribution in [0.25, 0.3) is 11.1 Å². The molecule has 7 amide bonds. The Kier molecular flexibility index (Phi) is 22.2. The summed E-state index contributed by atoms with van der Waals surface area (Å²) in [6.45, 7) is 5.66. The van der Waals surface area contributed by atoms with Crippen LogP contribution in [0, 0.1) is 5.92 Å². The van der Waals surface area contributed by atoms with Crippen molar-refractivity contribution < 1.29 is 118 Å². The van der Waals surface area contributed by atoms with Crippen LogP contribution in [0.3, 0.4) is 0 Å². The van der Waals surface area contributed by atoms with Crippen LogP contribution in [-0.4, -0.2) is 191 Å². The molecule has 0 aromatic heterocycles. The summed E-state index contributed by atoms with van der Waals surface area (Å²) in [4.78, 5) is 117. The third-order valence-electron chi connectivity index (χ3n) is 17.8. The Hall–Kier alpha value is -9.20. The summed E-state index contributed by atoms with van der Waals surface area (Å²) in [6.07, 6.45) is -18.6. The number of aliphatic hydroxyl groups excluding tert-OH is 6. The van der Waals surface area contributed by atoms with Gasteiger partial charge in [0.1, 0.15) is 89.5 Å².